The van der Waals surface area contributed by atoms with Crippen LogP contribution in [0.3, 0.4) is 0 Å². The van der Waals surface area contributed by atoms with Crippen molar-refractivity contribution >= 4 is 16.8 Å². The fraction of sp³-hybridized carbons (Fsp3) is 0.304. The molecule has 0 unspecified atom stereocenters. The molecule has 3 aromatic rings. The predicted octanol–water partition coefficient (Wildman–Crippen LogP) is 3.59. The Morgan fingerprint density at radius 2 is 1.82 bits per heavy atom. The number of pyridine rings is 1. The van der Waals surface area contributed by atoms with Gasteiger partial charge in [0.15, 0.2) is 0 Å². The number of fused-ring (bicyclic) bond motifs is 1. The second kappa shape index (κ2) is 8.40. The molecule has 1 aromatic heterocycles. The molecule has 0 N–H and O–H groups in total. The van der Waals surface area contributed by atoms with Crippen molar-refractivity contribution in [1.29, 1.82) is 0 Å². The molecule has 144 valence electrons. The molecule has 1 saturated heterocycles. The summed E-state index contributed by atoms with van der Waals surface area (Å²) in [5.74, 6) is 0.954. The van der Waals surface area contributed by atoms with Crippen LogP contribution in [-0.2, 0) is 6.54 Å². The molecule has 0 bridgehead atoms. The smallest absolute Gasteiger partial charge is 0.256 e. The van der Waals surface area contributed by atoms with Crippen molar-refractivity contribution in [3.63, 3.8) is 0 Å². The topological polar surface area (TPSA) is 45.7 Å². The van der Waals surface area contributed by atoms with E-state index < -0.39 is 0 Å². The third kappa shape index (κ3) is 3.99. The first-order valence-corrected chi connectivity index (χ1v) is 9.73. The van der Waals surface area contributed by atoms with Gasteiger partial charge in [-0.3, -0.25) is 14.7 Å². The van der Waals surface area contributed by atoms with Crippen LogP contribution in [0.15, 0.2) is 60.8 Å². The van der Waals surface area contributed by atoms with Crippen LogP contribution in [0.5, 0.6) is 5.75 Å². The van der Waals surface area contributed by atoms with E-state index in [1.807, 2.05) is 47.4 Å². The molecule has 0 radical (unpaired) electrons. The van der Waals surface area contributed by atoms with Crippen molar-refractivity contribution in [2.45, 2.75) is 13.0 Å². The van der Waals surface area contributed by atoms with Crippen molar-refractivity contribution < 1.29 is 9.53 Å². The highest BCUT2D eigenvalue weighted by atomic mass is 16.5. The summed E-state index contributed by atoms with van der Waals surface area (Å²) in [6.45, 7) is 4.26. The molecule has 28 heavy (non-hydrogen) atoms. The number of para-hydroxylation sites is 1. The summed E-state index contributed by atoms with van der Waals surface area (Å²) in [5.41, 5.74) is 2.75. The summed E-state index contributed by atoms with van der Waals surface area (Å²) in [6, 6.07) is 17.9. The highest BCUT2D eigenvalue weighted by Gasteiger charge is 2.22. The number of amides is 1. The second-order valence-corrected chi connectivity index (χ2v) is 7.15. The highest BCUT2D eigenvalue weighted by molar-refractivity contribution is 6.05. The number of nitrogens with zero attached hydrogens (tertiary/aromatic N) is 3. The average molecular weight is 375 g/mol. The van der Waals surface area contributed by atoms with E-state index in [9.17, 15) is 4.79 Å². The number of aromatic nitrogens is 1. The Morgan fingerprint density at radius 1 is 1.00 bits per heavy atom. The molecule has 0 saturated carbocycles. The minimum absolute atomic E-state index is 0.0793. The molecular formula is C23H25N3O2. The number of rotatable bonds is 4. The normalized spacial score (nSPS) is 15.4. The lowest BCUT2D eigenvalue weighted by molar-refractivity contribution is 0.0763. The Balaban J connectivity index is 1.43. The maximum Gasteiger partial charge on any atom is 0.256 e. The van der Waals surface area contributed by atoms with Crippen LogP contribution in [-0.4, -0.2) is 54.0 Å². The van der Waals surface area contributed by atoms with Crippen LogP contribution in [0.4, 0.5) is 0 Å². The summed E-state index contributed by atoms with van der Waals surface area (Å²) in [6.07, 6.45) is 2.72. The van der Waals surface area contributed by atoms with Gasteiger partial charge in [-0.2, -0.15) is 0 Å². The molecular weight excluding hydrogens is 350 g/mol. The Labute approximate surface area is 165 Å². The van der Waals surface area contributed by atoms with Crippen LogP contribution < -0.4 is 4.74 Å². The van der Waals surface area contributed by atoms with Gasteiger partial charge in [-0.05, 0) is 36.2 Å². The molecule has 0 atom stereocenters. The van der Waals surface area contributed by atoms with Crippen molar-refractivity contribution in [3.8, 4) is 5.75 Å². The van der Waals surface area contributed by atoms with E-state index in [-0.39, 0.29) is 5.91 Å². The molecule has 5 nitrogen and oxygen atoms in total. The zero-order chi connectivity index (χ0) is 19.3. The van der Waals surface area contributed by atoms with Gasteiger partial charge in [-0.1, -0.05) is 30.3 Å². The van der Waals surface area contributed by atoms with Gasteiger partial charge in [-0.15, -0.1) is 0 Å². The van der Waals surface area contributed by atoms with E-state index >= 15 is 0 Å². The van der Waals surface area contributed by atoms with Gasteiger partial charge in [0.05, 0.1) is 18.2 Å². The Kier molecular flexibility index (Phi) is 5.53. The molecule has 1 aliphatic heterocycles. The number of carbonyl (C=O) groups is 1. The van der Waals surface area contributed by atoms with Gasteiger partial charge in [0.25, 0.3) is 5.91 Å². The van der Waals surface area contributed by atoms with Crippen LogP contribution in [0.25, 0.3) is 10.9 Å². The molecule has 5 heteroatoms. The minimum Gasteiger partial charge on any atom is -0.497 e. The lowest BCUT2D eigenvalue weighted by Gasteiger charge is -2.22. The molecule has 0 aliphatic carbocycles. The van der Waals surface area contributed by atoms with Crippen LogP contribution in [0.1, 0.15) is 22.3 Å². The lowest BCUT2D eigenvalue weighted by atomic mass is 10.1. The van der Waals surface area contributed by atoms with Gasteiger partial charge in [-0.25, -0.2) is 0 Å². The fourth-order valence-corrected chi connectivity index (χ4v) is 3.77. The highest BCUT2D eigenvalue weighted by Crippen LogP contribution is 2.19. The third-order valence-corrected chi connectivity index (χ3v) is 5.30. The first-order valence-electron chi connectivity index (χ1n) is 9.73. The van der Waals surface area contributed by atoms with Crippen LogP contribution >= 0.6 is 0 Å². The molecule has 2 aromatic carbocycles. The Hall–Kier alpha value is -2.92. The first kappa shape index (κ1) is 18.4. The quantitative estimate of drug-likeness (QED) is 0.699. The summed E-state index contributed by atoms with van der Waals surface area (Å²) >= 11 is 0. The van der Waals surface area contributed by atoms with E-state index in [2.05, 4.69) is 22.0 Å². The molecule has 1 aliphatic rings. The monoisotopic (exact) mass is 375 g/mol. The lowest BCUT2D eigenvalue weighted by Crippen LogP contribution is -2.35. The summed E-state index contributed by atoms with van der Waals surface area (Å²) in [7, 11) is 1.68. The Bertz CT molecular complexity index is 950. The van der Waals surface area contributed by atoms with Gasteiger partial charge in [0, 0.05) is 44.3 Å². The van der Waals surface area contributed by atoms with Crippen molar-refractivity contribution in [2.75, 3.05) is 33.3 Å². The van der Waals surface area contributed by atoms with Crippen molar-refractivity contribution in [3.05, 3.63) is 71.9 Å². The molecule has 4 rings (SSSR count). The summed E-state index contributed by atoms with van der Waals surface area (Å²) in [5, 5.41) is 1.00. The SMILES string of the molecule is COc1ccc(CN2CCCN(C(=O)c3cccc4cccnc34)CC2)cc1. The predicted molar refractivity (Wildman–Crippen MR) is 111 cm³/mol. The number of carbonyl (C=O) groups excluding carboxylic acids is 1. The second-order valence-electron chi connectivity index (χ2n) is 7.15. The Morgan fingerprint density at radius 3 is 2.64 bits per heavy atom. The number of hydrogen-bond acceptors (Lipinski definition) is 4. The zero-order valence-corrected chi connectivity index (χ0v) is 16.2. The maximum absolute atomic E-state index is 13.2. The zero-order valence-electron chi connectivity index (χ0n) is 16.2. The third-order valence-electron chi connectivity index (χ3n) is 5.30. The van der Waals surface area contributed by atoms with Gasteiger partial charge >= 0.3 is 0 Å². The molecule has 0 spiro atoms. The van der Waals surface area contributed by atoms with Gasteiger partial charge in [0.2, 0.25) is 0 Å². The van der Waals surface area contributed by atoms with Crippen LogP contribution in [0.2, 0.25) is 0 Å². The minimum atomic E-state index is 0.0793. The standard InChI is InChI=1S/C23H25N3O2/c1-28-20-10-8-18(9-11-20)17-25-13-4-14-26(16-15-25)23(27)21-7-2-5-19-6-3-12-24-22(19)21/h2-3,5-12H,4,13-17H2,1H3. The molecule has 1 amide bonds. The largest absolute Gasteiger partial charge is 0.497 e. The van der Waals surface area contributed by atoms with E-state index in [0.29, 0.717) is 5.56 Å². The summed E-state index contributed by atoms with van der Waals surface area (Å²) < 4.78 is 5.23. The van der Waals surface area contributed by atoms with Crippen LogP contribution in [0, 0.1) is 0 Å². The maximum atomic E-state index is 13.2. The fourth-order valence-electron chi connectivity index (χ4n) is 3.77. The number of ether oxygens (including phenoxy) is 1. The van der Waals surface area contributed by atoms with E-state index in [1.54, 1.807) is 13.3 Å². The summed E-state index contributed by atoms with van der Waals surface area (Å²) in [4.78, 5) is 22.0. The molecule has 1 fully saturated rings. The first-order chi connectivity index (χ1) is 13.7. The number of hydrogen-bond donors (Lipinski definition) is 0. The number of methoxy groups -OCH3 is 1. The number of benzene rings is 2. The van der Waals surface area contributed by atoms with E-state index in [0.717, 1.165) is 55.8 Å². The molecule has 2 heterocycles. The van der Waals surface area contributed by atoms with E-state index in [4.69, 9.17) is 4.74 Å². The van der Waals surface area contributed by atoms with Crippen molar-refractivity contribution in [2.24, 2.45) is 0 Å². The average Bonchev–Trinajstić information content (AvgIpc) is 2.99. The van der Waals surface area contributed by atoms with Gasteiger partial charge < -0.3 is 9.64 Å². The van der Waals surface area contributed by atoms with Gasteiger partial charge in [0.1, 0.15) is 5.75 Å². The van der Waals surface area contributed by atoms with E-state index in [1.165, 1.54) is 5.56 Å². The van der Waals surface area contributed by atoms with Crippen molar-refractivity contribution in [1.82, 2.24) is 14.8 Å².